The van der Waals surface area contributed by atoms with Crippen molar-refractivity contribution in [2.45, 2.75) is 134 Å². The predicted octanol–water partition coefficient (Wildman–Crippen LogP) is 3.85. The average Bonchev–Trinajstić information content (AvgIpc) is 3.11. The summed E-state index contributed by atoms with van der Waals surface area (Å²) in [5.74, 6) is -2.96. The number of unbranched alkanes of at least 4 members (excludes halogenated alkanes) is 13. The van der Waals surface area contributed by atoms with Crippen LogP contribution in [0.15, 0.2) is 0 Å². The minimum atomic E-state index is -1.18. The van der Waals surface area contributed by atoms with Crippen LogP contribution in [-0.2, 0) is 47.7 Å². The Hall–Kier alpha value is -2.79. The third-order valence-corrected chi connectivity index (χ3v) is 8.45. The standard InChI is InChI=1S/C37H67N3O12S/c1-30(53)32(41)28-51-26-24-50-23-21-39-35(44)29-52-27-25-49-22-20-38-33(42)19-18-31(37(47)48)40-34(43)16-14-12-10-8-6-4-2-3-5-7-9-11-13-15-17-36(45)46/h30-31,53H,2-29H2,1H3,(H,38,42)(H,39,44)(H,40,43)(H,45,46)(H,47,48)/t30?,31-/m0/s1. The van der Waals surface area contributed by atoms with Gasteiger partial charge in [0.05, 0.1) is 44.9 Å². The number of Topliss-reactive ketones (excluding diaryl/α,β-unsaturated/α-hetero) is 1. The molecule has 0 rings (SSSR count). The van der Waals surface area contributed by atoms with Crippen LogP contribution in [0.2, 0.25) is 0 Å². The van der Waals surface area contributed by atoms with Gasteiger partial charge in [-0.05, 0) is 26.2 Å². The lowest BCUT2D eigenvalue weighted by Gasteiger charge is -2.14. The number of carbonyl (C=O) groups excluding carboxylic acids is 4. The smallest absolute Gasteiger partial charge is 0.326 e. The van der Waals surface area contributed by atoms with E-state index in [-0.39, 0.29) is 101 Å². The van der Waals surface area contributed by atoms with Crippen molar-refractivity contribution in [1.29, 1.82) is 0 Å². The fraction of sp³-hybridized carbons (Fsp3) is 0.838. The molecule has 0 bridgehead atoms. The number of ether oxygens (including phenoxy) is 4. The van der Waals surface area contributed by atoms with Gasteiger partial charge in [-0.25, -0.2) is 4.79 Å². The van der Waals surface area contributed by atoms with Crippen molar-refractivity contribution in [2.75, 3.05) is 65.9 Å². The molecule has 0 aromatic carbocycles. The molecule has 0 aliphatic heterocycles. The van der Waals surface area contributed by atoms with Gasteiger partial charge >= 0.3 is 11.9 Å². The number of nitrogens with one attached hydrogen (secondary N) is 3. The Balaban J connectivity index is 3.66. The van der Waals surface area contributed by atoms with Crippen LogP contribution in [0.25, 0.3) is 0 Å². The van der Waals surface area contributed by atoms with E-state index in [9.17, 15) is 33.9 Å². The number of amides is 3. The second kappa shape index (κ2) is 36.2. The van der Waals surface area contributed by atoms with Gasteiger partial charge < -0.3 is 45.1 Å². The Bertz CT molecular complexity index is 1000. The van der Waals surface area contributed by atoms with Crippen molar-refractivity contribution in [3.63, 3.8) is 0 Å². The molecule has 308 valence electrons. The molecule has 15 nitrogen and oxygen atoms in total. The lowest BCUT2D eigenvalue weighted by atomic mass is 10.0. The topological polar surface area (TPSA) is 216 Å². The van der Waals surface area contributed by atoms with Gasteiger partial charge in [0.1, 0.15) is 19.3 Å². The zero-order valence-electron chi connectivity index (χ0n) is 31.9. The van der Waals surface area contributed by atoms with E-state index in [1.807, 2.05) is 0 Å². The van der Waals surface area contributed by atoms with E-state index >= 15 is 0 Å². The fourth-order valence-corrected chi connectivity index (χ4v) is 5.12. The number of carbonyl (C=O) groups is 6. The molecule has 16 heteroatoms. The third kappa shape index (κ3) is 36.0. The van der Waals surface area contributed by atoms with E-state index in [2.05, 4.69) is 28.6 Å². The van der Waals surface area contributed by atoms with Gasteiger partial charge in [0.25, 0.3) is 0 Å². The van der Waals surface area contributed by atoms with E-state index in [1.54, 1.807) is 6.92 Å². The maximum atomic E-state index is 12.3. The first kappa shape index (κ1) is 50.2. The molecule has 2 atom stereocenters. The summed E-state index contributed by atoms with van der Waals surface area (Å²) in [6.07, 6.45) is 15.6. The molecule has 0 aromatic heterocycles. The van der Waals surface area contributed by atoms with Gasteiger partial charge in [0.15, 0.2) is 5.78 Å². The quantitative estimate of drug-likeness (QED) is 0.0388. The van der Waals surface area contributed by atoms with Crippen LogP contribution >= 0.6 is 12.6 Å². The van der Waals surface area contributed by atoms with E-state index < -0.39 is 18.0 Å². The maximum absolute atomic E-state index is 12.3. The summed E-state index contributed by atoms with van der Waals surface area (Å²) in [6, 6.07) is -1.13. The summed E-state index contributed by atoms with van der Waals surface area (Å²) in [6.45, 7) is 3.52. The number of ketones is 1. The first-order valence-corrected chi connectivity index (χ1v) is 19.8. The molecule has 5 N–H and O–H groups in total. The van der Waals surface area contributed by atoms with Gasteiger partial charge in [-0.2, -0.15) is 12.6 Å². The summed E-state index contributed by atoms with van der Waals surface area (Å²) in [4.78, 5) is 69.7. The monoisotopic (exact) mass is 777 g/mol. The van der Waals surface area contributed by atoms with Gasteiger partial charge in [-0.1, -0.05) is 77.0 Å². The highest BCUT2D eigenvalue weighted by Crippen LogP contribution is 2.14. The van der Waals surface area contributed by atoms with Crippen molar-refractivity contribution in [3.8, 4) is 0 Å². The summed E-state index contributed by atoms with van der Waals surface area (Å²) in [5.41, 5.74) is 0. The van der Waals surface area contributed by atoms with Crippen LogP contribution in [-0.4, -0.2) is 123 Å². The van der Waals surface area contributed by atoms with E-state index in [1.165, 1.54) is 44.9 Å². The molecule has 1 unspecified atom stereocenters. The molecule has 0 aliphatic rings. The van der Waals surface area contributed by atoms with Crippen LogP contribution in [0.5, 0.6) is 0 Å². The highest BCUT2D eigenvalue weighted by Gasteiger charge is 2.20. The molecule has 3 amide bonds. The molecule has 0 spiro atoms. The number of hydrogen-bond acceptors (Lipinski definition) is 11. The van der Waals surface area contributed by atoms with Gasteiger partial charge in [-0.15, -0.1) is 0 Å². The highest BCUT2D eigenvalue weighted by atomic mass is 32.1. The van der Waals surface area contributed by atoms with Crippen molar-refractivity contribution < 1.29 is 57.9 Å². The number of rotatable bonds is 39. The number of carboxylic acid groups (broad SMARTS) is 2. The van der Waals surface area contributed by atoms with Crippen molar-refractivity contribution in [2.24, 2.45) is 0 Å². The zero-order chi connectivity index (χ0) is 39.4. The van der Waals surface area contributed by atoms with Crippen LogP contribution in [0.1, 0.15) is 122 Å². The highest BCUT2D eigenvalue weighted by molar-refractivity contribution is 7.81. The van der Waals surface area contributed by atoms with E-state index in [4.69, 9.17) is 24.1 Å². The number of hydrogen-bond donors (Lipinski definition) is 6. The first-order chi connectivity index (χ1) is 25.5. The Morgan fingerprint density at radius 2 is 0.962 bits per heavy atom. The van der Waals surface area contributed by atoms with Crippen molar-refractivity contribution >= 4 is 48.1 Å². The average molecular weight is 778 g/mol. The first-order valence-electron chi connectivity index (χ1n) is 19.3. The van der Waals surface area contributed by atoms with Crippen molar-refractivity contribution in [3.05, 3.63) is 0 Å². The Kier molecular flexibility index (Phi) is 34.3. The predicted molar refractivity (Wildman–Crippen MR) is 203 cm³/mol. The van der Waals surface area contributed by atoms with Gasteiger partial charge in [0, 0.05) is 32.4 Å². The van der Waals surface area contributed by atoms with Gasteiger partial charge in [0.2, 0.25) is 17.7 Å². The molecule has 53 heavy (non-hydrogen) atoms. The Labute approximate surface area is 321 Å². The van der Waals surface area contributed by atoms with E-state index in [0.717, 1.165) is 38.5 Å². The second-order valence-electron chi connectivity index (χ2n) is 13.0. The fourth-order valence-electron chi connectivity index (χ4n) is 5.05. The van der Waals surface area contributed by atoms with Crippen molar-refractivity contribution in [1.82, 2.24) is 16.0 Å². The Morgan fingerprint density at radius 1 is 0.528 bits per heavy atom. The Morgan fingerprint density at radius 3 is 1.43 bits per heavy atom. The SMILES string of the molecule is CC(S)C(=O)COCCOCCNC(=O)COCCOCCNC(=O)CC[C@H](NC(=O)CCCCCCCCCCCCCCCCC(=O)O)C(=O)O. The minimum Gasteiger partial charge on any atom is -0.481 e. The number of aliphatic carboxylic acids is 2. The van der Waals surface area contributed by atoms with Crippen LogP contribution < -0.4 is 16.0 Å². The van der Waals surface area contributed by atoms with E-state index in [0.29, 0.717) is 26.2 Å². The second-order valence-corrected chi connectivity index (χ2v) is 13.8. The van der Waals surface area contributed by atoms with Crippen LogP contribution in [0.4, 0.5) is 0 Å². The molecule has 0 fully saturated rings. The van der Waals surface area contributed by atoms with Gasteiger partial charge in [-0.3, -0.25) is 24.0 Å². The van der Waals surface area contributed by atoms with Crippen LogP contribution in [0, 0.1) is 0 Å². The molecule has 0 radical (unpaired) electrons. The largest absolute Gasteiger partial charge is 0.481 e. The van der Waals surface area contributed by atoms with Crippen LogP contribution in [0.3, 0.4) is 0 Å². The zero-order valence-corrected chi connectivity index (χ0v) is 32.8. The number of thiol groups is 1. The summed E-state index contributed by atoms with van der Waals surface area (Å²) >= 11 is 4.03. The minimum absolute atomic E-state index is 0.00863. The summed E-state index contributed by atoms with van der Waals surface area (Å²) in [5, 5.41) is 25.6. The lowest BCUT2D eigenvalue weighted by Crippen LogP contribution is -2.41. The molecular weight excluding hydrogens is 710 g/mol. The lowest BCUT2D eigenvalue weighted by molar-refractivity contribution is -0.142. The molecule has 0 saturated carbocycles. The molecule has 0 aliphatic carbocycles. The summed E-state index contributed by atoms with van der Waals surface area (Å²) < 4.78 is 21.1. The molecule has 0 aromatic rings. The molecular formula is C37H67N3O12S. The summed E-state index contributed by atoms with van der Waals surface area (Å²) in [7, 11) is 0. The molecule has 0 saturated heterocycles. The maximum Gasteiger partial charge on any atom is 0.326 e. The normalized spacial score (nSPS) is 12.2. The molecule has 0 heterocycles. The number of carboxylic acids is 2. The third-order valence-electron chi connectivity index (χ3n) is 8.16.